The number of tetrazole rings is 5. The number of nitrogens with zero attached hydrogens (tertiary/aromatic N) is 25. The molecule has 0 aliphatic heterocycles. The molecule has 58 heteroatoms. The SMILES string of the molecule is CCSc1cccc(-n2nnn(C)c2=O)c1COc1n[c-]cs1.Cn1nnn(-c2cccc(C(F)(F)F)c2COc2n[c-]cs2)c1=O.Cn1nnn(-c2cccc(C(F)F)c2COc2n[c-]cs2)c1=O.Cn1nnn(-c2cccc(OC(F)(F)F)c2COc2n[c-]cs2)c1=O.Cn1nnn(-c2cccc(OC(F)F)c2COc2n[c-]cs2)c1=O.[Y].[Y].[Y].[Y].[Y]. The summed E-state index contributed by atoms with van der Waals surface area (Å²) in [7, 11) is 7.12. The largest absolute Gasteiger partial charge is 0.573 e. The maximum absolute atomic E-state index is 13.3. The molecule has 0 fully saturated rings. The Morgan fingerprint density at radius 3 is 0.976 bits per heavy atom. The zero-order valence-corrected chi connectivity index (χ0v) is 83.2. The van der Waals surface area contributed by atoms with Crippen molar-refractivity contribution < 1.29 is 241 Å². The van der Waals surface area contributed by atoms with Crippen molar-refractivity contribution in [2.24, 2.45) is 35.2 Å². The van der Waals surface area contributed by atoms with Gasteiger partial charge < -0.3 is 58.1 Å². The summed E-state index contributed by atoms with van der Waals surface area (Å²) in [6.45, 7) is -1.75. The van der Waals surface area contributed by atoms with E-state index in [-0.39, 0.29) is 256 Å². The first-order chi connectivity index (χ1) is 57.1. The molecule has 0 amide bonds. The second-order valence-electron chi connectivity index (χ2n) is 22.7. The molecule has 124 heavy (non-hydrogen) atoms. The fourth-order valence-corrected chi connectivity index (χ4v) is 13.0. The molecule has 0 saturated heterocycles. The number of thiazole rings is 5. The number of alkyl halides is 10. The van der Waals surface area contributed by atoms with Crippen molar-refractivity contribution in [1.29, 1.82) is 0 Å². The summed E-state index contributed by atoms with van der Waals surface area (Å²) in [5, 5.41) is 46.1. The van der Waals surface area contributed by atoms with E-state index in [1.165, 1.54) is 143 Å². The van der Waals surface area contributed by atoms with Crippen molar-refractivity contribution in [2.75, 3.05) is 5.75 Å². The molecule has 37 nitrogen and oxygen atoms in total. The van der Waals surface area contributed by atoms with Crippen LogP contribution >= 0.6 is 68.4 Å². The minimum atomic E-state index is -4.91. The van der Waals surface area contributed by atoms with Gasteiger partial charge in [0.25, 0.3) is 6.43 Å². The zero-order valence-electron chi connectivity index (χ0n) is 64.1. The second-order valence-corrected chi connectivity index (χ2v) is 28.1. The maximum Gasteiger partial charge on any atom is 0.573 e. The molecule has 15 aromatic rings. The minimum absolute atomic E-state index is 0. The molecule has 0 saturated carbocycles. The van der Waals surface area contributed by atoms with Crippen LogP contribution in [0, 0.1) is 31.0 Å². The van der Waals surface area contributed by atoms with Gasteiger partial charge in [-0.05, 0) is 112 Å². The number of hydrogen-bond donors (Lipinski definition) is 0. The van der Waals surface area contributed by atoms with Crippen molar-refractivity contribution in [3.05, 3.63) is 240 Å². The third-order valence-electron chi connectivity index (χ3n) is 15.2. The Morgan fingerprint density at radius 2 is 0.669 bits per heavy atom. The van der Waals surface area contributed by atoms with Gasteiger partial charge >= 0.3 is 47.6 Å². The topological polar surface area (TPSA) is 393 Å². The second kappa shape index (κ2) is 49.6. The molecule has 0 aliphatic carbocycles. The predicted molar refractivity (Wildman–Crippen MR) is 399 cm³/mol. The van der Waals surface area contributed by atoms with Crippen LogP contribution in [-0.4, -0.2) is 143 Å². The van der Waals surface area contributed by atoms with E-state index in [0.717, 1.165) is 88.5 Å². The molecular formula is C66H52F10N25O12S6Y5-5. The fourth-order valence-electron chi connectivity index (χ4n) is 9.99. The number of aromatic nitrogens is 25. The van der Waals surface area contributed by atoms with E-state index < -0.39 is 66.3 Å². The summed E-state index contributed by atoms with van der Waals surface area (Å²) in [6.07, 6.45) is 0.679. The van der Waals surface area contributed by atoms with Gasteiger partial charge in [-0.15, -0.1) is 55.9 Å². The smallest absolute Gasteiger partial charge is 0.550 e. The predicted octanol–water partition coefficient (Wildman–Crippen LogP) is 8.56. The zero-order chi connectivity index (χ0) is 85.1. The van der Waals surface area contributed by atoms with Gasteiger partial charge in [-0.25, -0.2) is 89.4 Å². The minimum Gasteiger partial charge on any atom is -0.550 e. The molecule has 0 N–H and O–H groups in total. The fraction of sp³-hybridized carbons (Fsp3) is 0.242. The Hall–Kier alpha value is -7.63. The number of halogens is 10. The quantitative estimate of drug-likeness (QED) is 0.0278. The van der Waals surface area contributed by atoms with Gasteiger partial charge in [0.2, 0.25) is 0 Å². The van der Waals surface area contributed by atoms with Crippen LogP contribution in [0.3, 0.4) is 0 Å². The summed E-state index contributed by atoms with van der Waals surface area (Å²) in [5.41, 5.74) is -1.74. The van der Waals surface area contributed by atoms with E-state index in [1.54, 1.807) is 34.9 Å². The van der Waals surface area contributed by atoms with Crippen molar-refractivity contribution >= 4 is 68.4 Å². The van der Waals surface area contributed by atoms with Crippen molar-refractivity contribution in [3.8, 4) is 65.9 Å². The van der Waals surface area contributed by atoms with Crippen molar-refractivity contribution in [1.82, 2.24) is 124 Å². The van der Waals surface area contributed by atoms with E-state index in [1.807, 2.05) is 18.2 Å². The molecule has 10 heterocycles. The maximum atomic E-state index is 13.3. The third-order valence-corrected chi connectivity index (χ3v) is 19.4. The van der Waals surface area contributed by atoms with Crippen LogP contribution in [0.25, 0.3) is 28.4 Å². The average Bonchev–Trinajstić information content (AvgIpc) is 1.47. The van der Waals surface area contributed by atoms with Gasteiger partial charge in [0.05, 0.1) is 78.2 Å². The molecule has 0 spiro atoms. The van der Waals surface area contributed by atoms with Gasteiger partial charge in [-0.2, -0.15) is 68.8 Å². The summed E-state index contributed by atoms with van der Waals surface area (Å²) >= 11 is 7.65. The monoisotopic (exact) mass is 2210 g/mol. The molecular weight excluding hydrogens is 2160 g/mol. The van der Waals surface area contributed by atoms with Crippen LogP contribution in [0.5, 0.6) is 37.5 Å². The molecule has 0 bridgehead atoms. The molecule has 0 unspecified atom stereocenters. The average molecular weight is 2210 g/mol. The molecule has 639 valence electrons. The Kier molecular flexibility index (Phi) is 42.1. The molecule has 15 rings (SSSR count). The van der Waals surface area contributed by atoms with E-state index in [0.29, 0.717) is 27.9 Å². The van der Waals surface area contributed by atoms with Crippen LogP contribution in [0.15, 0.2) is 147 Å². The number of thioether (sulfide) groups is 1. The van der Waals surface area contributed by atoms with Gasteiger partial charge in [0.15, 0.2) is 0 Å². The molecule has 0 aliphatic rings. The number of rotatable bonds is 26. The van der Waals surface area contributed by atoms with Gasteiger partial charge in [-0.1, -0.05) is 70.2 Å². The van der Waals surface area contributed by atoms with Gasteiger partial charge in [-0.3, -0.25) is 0 Å². The summed E-state index contributed by atoms with van der Waals surface area (Å²) in [4.78, 5) is 80.4. The van der Waals surface area contributed by atoms with Gasteiger partial charge in [0.1, 0.15) is 37.5 Å². The van der Waals surface area contributed by atoms with Crippen LogP contribution in [0.1, 0.15) is 52.3 Å². The van der Waals surface area contributed by atoms with Crippen LogP contribution < -0.4 is 61.6 Å². The van der Waals surface area contributed by atoms with Gasteiger partial charge in [0, 0.05) is 226 Å². The van der Waals surface area contributed by atoms with Crippen LogP contribution in [-0.2, 0) is 238 Å². The normalized spacial score (nSPS) is 10.8. The first kappa shape index (κ1) is 105. The molecule has 0 atom stereocenters. The van der Waals surface area contributed by atoms with E-state index in [2.05, 4.69) is 124 Å². The summed E-state index contributed by atoms with van der Waals surface area (Å²) in [5.74, 6) is 0.278. The first-order valence-electron chi connectivity index (χ1n) is 33.0. The summed E-state index contributed by atoms with van der Waals surface area (Å²) < 4.78 is 176. The number of aryl methyl sites for hydroxylation is 5. The number of ether oxygens (including phenoxy) is 7. The first-order valence-corrected chi connectivity index (χ1v) is 38.4. The number of benzene rings is 5. The molecule has 5 aromatic carbocycles. The molecule has 5 radical (unpaired) electrons. The van der Waals surface area contributed by atoms with E-state index >= 15 is 0 Å². The standard InChI is InChI=1S/C14H14N5O2S2.C13H9F3N5O3S.C13H9F3N5O2S.C13H10F2N5O3S.C13H10F2N5O2S.5Y/c1-3-22-12-6-4-5-11(19-14(20)18(2)16-17-19)10(12)9-21-13-15-7-8-23-13;1-20-12(22)21(19-18-20)9-3-2-4-10(24-13(14,15)16)8(9)7-23-11-17-5-6-25-11;1-20-12(22)21(19-18-20)10-4-2-3-9(13(14,15)16)8(10)7-23-11-17-5-6-24-11;1-19-13(21)20(18-17-19)9-3-2-4-10(23-11(14)15)8(9)7-22-12-16-5-6-24-12;1-19-13(21)20(18-17-19)10-4-2-3-8(11(14)15)9(10)7-22-12-16-5-6-23-12;;;;;/h4-6,8H,3,9H2,1-2H3;2-4,6H,7H2,1H3;2-4,6H,7H2,1H3;2-4,6,11H,7H2,1H3;2-4,6,11H,7H2,1H3;;;;;/q5*-1;;;;;. The van der Waals surface area contributed by atoms with Crippen molar-refractivity contribution in [3.63, 3.8) is 0 Å². The van der Waals surface area contributed by atoms with E-state index in [4.69, 9.17) is 23.7 Å². The third kappa shape index (κ3) is 27.9. The van der Waals surface area contributed by atoms with Crippen LogP contribution in [0.2, 0.25) is 0 Å². The number of hydrogen-bond acceptors (Lipinski definition) is 33. The summed E-state index contributed by atoms with van der Waals surface area (Å²) in [6, 6.07) is 21.6. The Balaban J connectivity index is 0.000000237. The Bertz CT molecular complexity index is 6140. The van der Waals surface area contributed by atoms with Crippen LogP contribution in [0.4, 0.5) is 43.9 Å². The van der Waals surface area contributed by atoms with E-state index in [9.17, 15) is 67.9 Å². The Morgan fingerprint density at radius 1 is 0.379 bits per heavy atom. The van der Waals surface area contributed by atoms with Crippen molar-refractivity contribution in [2.45, 2.75) is 70.4 Å². The Labute approximate surface area is 840 Å². The molecule has 10 aromatic heterocycles.